The molecule has 0 bridgehead atoms. The third-order valence-electron chi connectivity index (χ3n) is 4.35. The molecule has 0 amide bonds. The highest BCUT2D eigenvalue weighted by Crippen LogP contribution is 2.24. The van der Waals surface area contributed by atoms with Crippen molar-refractivity contribution >= 4 is 49.8 Å². The lowest BCUT2D eigenvalue weighted by Gasteiger charge is -2.11. The molecule has 0 saturated carbocycles. The first-order valence-electron chi connectivity index (χ1n) is 8.59. The van der Waals surface area contributed by atoms with Gasteiger partial charge in [0, 0.05) is 28.5 Å². The van der Waals surface area contributed by atoms with Crippen LogP contribution in [0.5, 0.6) is 5.75 Å². The van der Waals surface area contributed by atoms with E-state index in [9.17, 15) is 9.00 Å². The molecular formula is C20H16ClN3O3S2. The van der Waals surface area contributed by atoms with E-state index in [1.165, 1.54) is 11.3 Å². The summed E-state index contributed by atoms with van der Waals surface area (Å²) >= 11 is 7.77. The van der Waals surface area contributed by atoms with Gasteiger partial charge < -0.3 is 9.30 Å². The summed E-state index contributed by atoms with van der Waals surface area (Å²) in [5, 5.41) is 3.83. The number of thiazole rings is 1. The van der Waals surface area contributed by atoms with Crippen molar-refractivity contribution in [1.29, 1.82) is 0 Å². The number of ether oxygens (including phenoxy) is 1. The second-order valence-corrected chi connectivity index (χ2v) is 8.69. The number of rotatable bonds is 6. The standard InChI is InChI=1S/C20H16ClN3O3S2/c1-27-14-4-2-13(3-5-14)11-24-12-18(21)16-7-6-15(10-17(16)19(24)25)29(26)23-20-22-8-9-28-20/h2-10,12H,11H2,1H3,(H,22,23). The maximum absolute atomic E-state index is 13.0. The number of pyridine rings is 1. The lowest BCUT2D eigenvalue weighted by molar-refractivity contribution is 0.414. The average molecular weight is 446 g/mol. The molecule has 4 aromatic rings. The Morgan fingerprint density at radius 3 is 2.69 bits per heavy atom. The molecule has 0 saturated heterocycles. The van der Waals surface area contributed by atoms with Gasteiger partial charge in [-0.1, -0.05) is 29.8 Å². The van der Waals surface area contributed by atoms with Gasteiger partial charge in [0.1, 0.15) is 5.75 Å². The zero-order valence-electron chi connectivity index (χ0n) is 15.3. The van der Waals surface area contributed by atoms with Gasteiger partial charge in [0.15, 0.2) is 16.1 Å². The van der Waals surface area contributed by atoms with Gasteiger partial charge in [-0.05, 0) is 29.8 Å². The van der Waals surface area contributed by atoms with Crippen molar-refractivity contribution < 1.29 is 8.95 Å². The van der Waals surface area contributed by atoms with E-state index in [-0.39, 0.29) is 5.56 Å². The molecule has 2 aromatic heterocycles. The first kappa shape index (κ1) is 19.6. The maximum atomic E-state index is 13.0. The van der Waals surface area contributed by atoms with E-state index >= 15 is 0 Å². The summed E-state index contributed by atoms with van der Waals surface area (Å²) in [7, 11) is 0.0655. The van der Waals surface area contributed by atoms with Crippen molar-refractivity contribution in [3.63, 3.8) is 0 Å². The number of hydrogen-bond acceptors (Lipinski definition) is 5. The molecule has 29 heavy (non-hydrogen) atoms. The highest BCUT2D eigenvalue weighted by atomic mass is 35.5. The molecule has 0 fully saturated rings. The summed E-state index contributed by atoms with van der Waals surface area (Å²) < 4.78 is 22.1. The number of methoxy groups -OCH3 is 1. The van der Waals surface area contributed by atoms with Gasteiger partial charge in [-0.25, -0.2) is 9.19 Å². The minimum absolute atomic E-state index is 0.201. The summed E-state index contributed by atoms with van der Waals surface area (Å²) in [6.45, 7) is 0.364. The van der Waals surface area contributed by atoms with E-state index in [2.05, 4.69) is 9.71 Å². The number of aromatic nitrogens is 2. The van der Waals surface area contributed by atoms with E-state index in [0.717, 1.165) is 11.3 Å². The molecular weight excluding hydrogens is 430 g/mol. The van der Waals surface area contributed by atoms with E-state index < -0.39 is 11.0 Å². The monoisotopic (exact) mass is 445 g/mol. The number of benzene rings is 2. The fourth-order valence-electron chi connectivity index (χ4n) is 2.90. The highest BCUT2D eigenvalue weighted by Gasteiger charge is 2.12. The molecule has 0 spiro atoms. The van der Waals surface area contributed by atoms with Crippen LogP contribution in [0.25, 0.3) is 10.8 Å². The predicted molar refractivity (Wildman–Crippen MR) is 117 cm³/mol. The van der Waals surface area contributed by atoms with Crippen molar-refractivity contribution in [2.24, 2.45) is 0 Å². The molecule has 2 aromatic carbocycles. The second kappa shape index (κ2) is 8.36. The van der Waals surface area contributed by atoms with Gasteiger partial charge in [0.2, 0.25) is 0 Å². The number of fused-ring (bicyclic) bond motifs is 1. The van der Waals surface area contributed by atoms with Crippen LogP contribution in [0.1, 0.15) is 5.56 Å². The van der Waals surface area contributed by atoms with Crippen LogP contribution in [0.15, 0.2) is 69.9 Å². The van der Waals surface area contributed by atoms with Gasteiger partial charge in [0.25, 0.3) is 5.56 Å². The lowest BCUT2D eigenvalue weighted by Crippen LogP contribution is -2.20. The first-order valence-corrected chi connectivity index (χ1v) is 11.0. The number of anilines is 1. The summed E-state index contributed by atoms with van der Waals surface area (Å²) in [5.74, 6) is 0.748. The third-order valence-corrected chi connectivity index (χ3v) is 6.53. The largest absolute Gasteiger partial charge is 0.497 e. The molecule has 0 radical (unpaired) electrons. The second-order valence-electron chi connectivity index (χ2n) is 6.17. The SMILES string of the molecule is COc1ccc(Cn2cc(Cl)c3ccc(S(=O)Nc4nccs4)cc3c2=O)cc1. The molecule has 0 aliphatic heterocycles. The van der Waals surface area contributed by atoms with Gasteiger partial charge in [-0.15, -0.1) is 11.3 Å². The Balaban J connectivity index is 1.70. The first-order chi connectivity index (χ1) is 14.0. The van der Waals surface area contributed by atoms with Crippen LogP contribution in [0.4, 0.5) is 5.13 Å². The van der Waals surface area contributed by atoms with Crippen molar-refractivity contribution in [2.45, 2.75) is 11.4 Å². The highest BCUT2D eigenvalue weighted by molar-refractivity contribution is 7.86. The third kappa shape index (κ3) is 4.19. The van der Waals surface area contributed by atoms with Crippen LogP contribution in [0.3, 0.4) is 0 Å². The zero-order chi connectivity index (χ0) is 20.4. The minimum atomic E-state index is -1.54. The normalized spacial score (nSPS) is 12.1. The summed E-state index contributed by atoms with van der Waals surface area (Å²) in [6, 6.07) is 12.5. The minimum Gasteiger partial charge on any atom is -0.497 e. The van der Waals surface area contributed by atoms with Crippen molar-refractivity contribution in [1.82, 2.24) is 9.55 Å². The Morgan fingerprint density at radius 2 is 2.00 bits per heavy atom. The molecule has 1 N–H and O–H groups in total. The maximum Gasteiger partial charge on any atom is 0.258 e. The van der Waals surface area contributed by atoms with Crippen molar-refractivity contribution in [3.05, 3.63) is 81.2 Å². The van der Waals surface area contributed by atoms with Gasteiger partial charge in [-0.3, -0.25) is 9.52 Å². The van der Waals surface area contributed by atoms with E-state index in [0.29, 0.717) is 32.4 Å². The van der Waals surface area contributed by atoms with Crippen molar-refractivity contribution in [3.8, 4) is 5.75 Å². The Morgan fingerprint density at radius 1 is 1.21 bits per heavy atom. The molecule has 4 rings (SSSR count). The molecule has 1 unspecified atom stereocenters. The van der Waals surface area contributed by atoms with Crippen LogP contribution < -0.4 is 15.0 Å². The number of nitrogens with zero attached hydrogens (tertiary/aromatic N) is 2. The quantitative estimate of drug-likeness (QED) is 0.480. The van der Waals surface area contributed by atoms with Crippen LogP contribution in [0, 0.1) is 0 Å². The molecule has 148 valence electrons. The summed E-state index contributed by atoms with van der Waals surface area (Å²) in [6.07, 6.45) is 3.25. The molecule has 0 aliphatic carbocycles. The topological polar surface area (TPSA) is 73.2 Å². The van der Waals surface area contributed by atoms with Gasteiger partial charge >= 0.3 is 0 Å². The lowest BCUT2D eigenvalue weighted by atomic mass is 10.1. The van der Waals surface area contributed by atoms with Crippen LogP contribution >= 0.6 is 22.9 Å². The van der Waals surface area contributed by atoms with Crippen LogP contribution in [-0.2, 0) is 17.5 Å². The Kier molecular flexibility index (Phi) is 5.66. The molecule has 0 aliphatic rings. The summed E-state index contributed by atoms with van der Waals surface area (Å²) in [5.41, 5.74) is 0.738. The van der Waals surface area contributed by atoms with Crippen molar-refractivity contribution in [2.75, 3.05) is 11.8 Å². The van der Waals surface area contributed by atoms with E-state index in [1.807, 2.05) is 24.3 Å². The molecule has 2 heterocycles. The van der Waals surface area contributed by atoms with Gasteiger partial charge in [0.05, 0.1) is 23.6 Å². The number of halogens is 1. The van der Waals surface area contributed by atoms with Gasteiger partial charge in [-0.2, -0.15) is 0 Å². The Hall–Kier alpha value is -2.68. The number of nitrogens with one attached hydrogen (secondary N) is 1. The Labute approximate surface area is 178 Å². The fraction of sp³-hybridized carbons (Fsp3) is 0.100. The van der Waals surface area contributed by atoms with Crippen LogP contribution in [-0.4, -0.2) is 20.9 Å². The van der Waals surface area contributed by atoms with E-state index in [4.69, 9.17) is 16.3 Å². The number of hydrogen-bond donors (Lipinski definition) is 1. The van der Waals surface area contributed by atoms with E-state index in [1.54, 1.807) is 47.6 Å². The predicted octanol–water partition coefficient (Wildman–Crippen LogP) is 4.30. The summed E-state index contributed by atoms with van der Waals surface area (Å²) in [4.78, 5) is 17.6. The average Bonchev–Trinajstić information content (AvgIpc) is 3.25. The molecule has 1 atom stereocenters. The molecule has 6 nitrogen and oxygen atoms in total. The Bertz CT molecular complexity index is 1240. The molecule has 9 heteroatoms. The fourth-order valence-corrected chi connectivity index (χ4v) is 4.72. The van der Waals surface area contributed by atoms with Crippen LogP contribution in [0.2, 0.25) is 5.02 Å². The zero-order valence-corrected chi connectivity index (χ0v) is 17.7. The smallest absolute Gasteiger partial charge is 0.258 e.